The van der Waals surface area contributed by atoms with E-state index in [0.717, 1.165) is 36.3 Å². The molecule has 144 valence electrons. The number of amides is 1. The molecule has 0 spiro atoms. The lowest BCUT2D eigenvalue weighted by molar-refractivity contribution is 0.0563. The van der Waals surface area contributed by atoms with Crippen LogP contribution in [0.3, 0.4) is 0 Å². The van der Waals surface area contributed by atoms with Crippen molar-refractivity contribution in [2.75, 3.05) is 6.54 Å². The number of benzene rings is 1. The van der Waals surface area contributed by atoms with Crippen LogP contribution < -0.4 is 0 Å². The topological polar surface area (TPSA) is 72.1 Å². The Bertz CT molecular complexity index is 971. The number of hydrogen-bond acceptors (Lipinski definition) is 5. The molecule has 0 saturated carbocycles. The molecule has 3 aromatic rings. The molecule has 4 rings (SSSR count). The third kappa shape index (κ3) is 3.92. The average Bonchev–Trinajstić information content (AvgIpc) is 3.18. The van der Waals surface area contributed by atoms with E-state index in [1.54, 1.807) is 17.3 Å². The number of halogens is 1. The lowest BCUT2D eigenvalue weighted by Crippen LogP contribution is -2.39. The summed E-state index contributed by atoms with van der Waals surface area (Å²) in [6.45, 7) is 2.50. The molecule has 1 fully saturated rings. The summed E-state index contributed by atoms with van der Waals surface area (Å²) in [5.74, 6) is 1.16. The number of hydrogen-bond donors (Lipinski definition) is 0. The van der Waals surface area contributed by atoms with Crippen molar-refractivity contribution in [2.24, 2.45) is 0 Å². The minimum absolute atomic E-state index is 0.136. The van der Waals surface area contributed by atoms with Gasteiger partial charge in [0.2, 0.25) is 5.89 Å². The van der Waals surface area contributed by atoms with Crippen LogP contribution in [0.15, 0.2) is 47.3 Å². The fourth-order valence-electron chi connectivity index (χ4n) is 3.47. The Morgan fingerprint density at radius 3 is 2.82 bits per heavy atom. The van der Waals surface area contributed by atoms with Crippen molar-refractivity contribution in [1.82, 2.24) is 19.9 Å². The molecule has 0 unspecified atom stereocenters. The van der Waals surface area contributed by atoms with Crippen molar-refractivity contribution < 1.29 is 9.21 Å². The second-order valence-electron chi connectivity index (χ2n) is 6.99. The van der Waals surface area contributed by atoms with Gasteiger partial charge in [0.05, 0.1) is 18.1 Å². The van der Waals surface area contributed by atoms with E-state index in [0.29, 0.717) is 29.6 Å². The molecule has 28 heavy (non-hydrogen) atoms. The van der Waals surface area contributed by atoms with E-state index in [4.69, 9.17) is 16.0 Å². The minimum atomic E-state index is -0.190. The van der Waals surface area contributed by atoms with Crippen LogP contribution in [-0.4, -0.2) is 32.3 Å². The van der Waals surface area contributed by atoms with Crippen molar-refractivity contribution in [3.8, 4) is 0 Å². The molecule has 0 aliphatic carbocycles. The maximum atomic E-state index is 13.0. The van der Waals surface area contributed by atoms with Crippen molar-refractivity contribution in [3.05, 3.63) is 76.5 Å². The zero-order valence-electron chi connectivity index (χ0n) is 15.6. The predicted octanol–water partition coefficient (Wildman–Crippen LogP) is 4.38. The normalized spacial score (nSPS) is 16.9. The number of oxazole rings is 1. The second kappa shape index (κ2) is 8.10. The highest BCUT2D eigenvalue weighted by atomic mass is 35.5. The molecule has 0 N–H and O–H groups in total. The van der Waals surface area contributed by atoms with Gasteiger partial charge in [-0.25, -0.2) is 9.97 Å². The molecule has 1 amide bonds. The van der Waals surface area contributed by atoms with Crippen LogP contribution in [0.2, 0.25) is 5.02 Å². The first kappa shape index (κ1) is 18.6. The molecule has 1 aliphatic rings. The molecule has 6 nitrogen and oxygen atoms in total. The number of aromatic nitrogens is 3. The lowest BCUT2D eigenvalue weighted by Gasteiger charge is -2.33. The molecule has 1 aromatic carbocycles. The number of carbonyl (C=O) groups excluding carboxylic acids is 1. The number of likely N-dealkylation sites (tertiary alicyclic amines) is 1. The molecule has 0 bridgehead atoms. The van der Waals surface area contributed by atoms with Crippen LogP contribution in [0.5, 0.6) is 0 Å². The summed E-state index contributed by atoms with van der Waals surface area (Å²) in [6, 6.07) is 7.49. The van der Waals surface area contributed by atoms with Gasteiger partial charge in [0.25, 0.3) is 5.91 Å². The van der Waals surface area contributed by atoms with E-state index in [-0.39, 0.29) is 11.9 Å². The fourth-order valence-corrected chi connectivity index (χ4v) is 3.67. The number of carbonyl (C=O) groups is 1. The van der Waals surface area contributed by atoms with Crippen LogP contribution in [-0.2, 0) is 6.42 Å². The molecule has 2 aromatic heterocycles. The number of aryl methyl sites for hydroxylation is 1. The Labute approximate surface area is 168 Å². The molecule has 3 heterocycles. The molecule has 1 aliphatic heterocycles. The van der Waals surface area contributed by atoms with Crippen molar-refractivity contribution in [3.63, 3.8) is 0 Å². The SMILES string of the molecule is Cc1cnc(C(=O)N2CCCC[C@H]2c2ncc(Cc3ccccc3Cl)o2)cn1. The standard InChI is InChI=1S/C21H21ClN4O2/c1-14-11-24-18(13-23-14)21(27)26-9-5-4-8-19(26)20-25-12-16(28-20)10-15-6-2-3-7-17(15)22/h2-3,6-7,11-13,19H,4-5,8-10H2,1H3/t19-/m0/s1. The first-order valence-electron chi connectivity index (χ1n) is 9.39. The van der Waals surface area contributed by atoms with Crippen LogP contribution in [0, 0.1) is 6.92 Å². The summed E-state index contributed by atoms with van der Waals surface area (Å²) in [6.07, 6.45) is 8.22. The Hall–Kier alpha value is -2.73. The summed E-state index contributed by atoms with van der Waals surface area (Å²) in [5.41, 5.74) is 2.11. The first-order valence-corrected chi connectivity index (χ1v) is 9.77. The highest BCUT2D eigenvalue weighted by Crippen LogP contribution is 2.32. The van der Waals surface area contributed by atoms with Gasteiger partial charge in [-0.2, -0.15) is 0 Å². The van der Waals surface area contributed by atoms with E-state index in [1.807, 2.05) is 31.2 Å². The summed E-state index contributed by atoms with van der Waals surface area (Å²) in [5, 5.41) is 0.702. The highest BCUT2D eigenvalue weighted by Gasteiger charge is 2.32. The number of nitrogens with zero attached hydrogens (tertiary/aromatic N) is 4. The molecular weight excluding hydrogens is 376 g/mol. The Balaban J connectivity index is 1.55. The van der Waals surface area contributed by atoms with Gasteiger partial charge in [-0.3, -0.25) is 9.78 Å². The number of rotatable bonds is 4. The van der Waals surface area contributed by atoms with Crippen LogP contribution in [0.1, 0.15) is 58.7 Å². The maximum Gasteiger partial charge on any atom is 0.274 e. The average molecular weight is 397 g/mol. The van der Waals surface area contributed by atoms with Gasteiger partial charge in [0.15, 0.2) is 0 Å². The smallest absolute Gasteiger partial charge is 0.274 e. The van der Waals surface area contributed by atoms with Crippen molar-refractivity contribution in [2.45, 2.75) is 38.6 Å². The van der Waals surface area contributed by atoms with Gasteiger partial charge in [-0.1, -0.05) is 29.8 Å². The zero-order chi connectivity index (χ0) is 19.5. The monoisotopic (exact) mass is 396 g/mol. The fraction of sp³-hybridized carbons (Fsp3) is 0.333. The molecular formula is C21H21ClN4O2. The van der Waals surface area contributed by atoms with E-state index in [9.17, 15) is 4.79 Å². The Morgan fingerprint density at radius 2 is 2.04 bits per heavy atom. The lowest BCUT2D eigenvalue weighted by atomic mass is 10.0. The summed E-state index contributed by atoms with van der Waals surface area (Å²) in [7, 11) is 0. The molecule has 0 radical (unpaired) electrons. The predicted molar refractivity (Wildman–Crippen MR) is 105 cm³/mol. The minimum Gasteiger partial charge on any atom is -0.443 e. The van der Waals surface area contributed by atoms with Gasteiger partial charge in [0, 0.05) is 24.2 Å². The zero-order valence-corrected chi connectivity index (χ0v) is 16.4. The number of piperidine rings is 1. The van der Waals surface area contributed by atoms with Gasteiger partial charge in [-0.15, -0.1) is 0 Å². The third-order valence-corrected chi connectivity index (χ3v) is 5.31. The Kier molecular flexibility index (Phi) is 5.39. The van der Waals surface area contributed by atoms with E-state index >= 15 is 0 Å². The highest BCUT2D eigenvalue weighted by molar-refractivity contribution is 6.31. The van der Waals surface area contributed by atoms with Gasteiger partial charge >= 0.3 is 0 Å². The third-order valence-electron chi connectivity index (χ3n) is 4.94. The van der Waals surface area contributed by atoms with Crippen molar-refractivity contribution in [1.29, 1.82) is 0 Å². The molecule has 7 heteroatoms. The molecule has 1 atom stereocenters. The first-order chi connectivity index (χ1) is 13.6. The largest absolute Gasteiger partial charge is 0.443 e. The second-order valence-corrected chi connectivity index (χ2v) is 7.39. The summed E-state index contributed by atoms with van der Waals surface area (Å²) in [4.78, 5) is 27.7. The van der Waals surface area contributed by atoms with Crippen LogP contribution in [0.4, 0.5) is 0 Å². The Morgan fingerprint density at radius 1 is 1.18 bits per heavy atom. The van der Waals surface area contributed by atoms with Crippen LogP contribution in [0.25, 0.3) is 0 Å². The van der Waals surface area contributed by atoms with E-state index < -0.39 is 0 Å². The summed E-state index contributed by atoms with van der Waals surface area (Å²) >= 11 is 6.25. The van der Waals surface area contributed by atoms with Gasteiger partial charge < -0.3 is 9.32 Å². The van der Waals surface area contributed by atoms with E-state index in [1.165, 1.54) is 6.20 Å². The van der Waals surface area contributed by atoms with Crippen molar-refractivity contribution >= 4 is 17.5 Å². The van der Waals surface area contributed by atoms with Gasteiger partial charge in [0.1, 0.15) is 17.5 Å². The molecule has 1 saturated heterocycles. The van der Waals surface area contributed by atoms with Gasteiger partial charge in [-0.05, 0) is 37.8 Å². The maximum absolute atomic E-state index is 13.0. The van der Waals surface area contributed by atoms with E-state index in [2.05, 4.69) is 15.0 Å². The quantitative estimate of drug-likeness (QED) is 0.654. The van der Waals surface area contributed by atoms with Crippen LogP contribution >= 0.6 is 11.6 Å². The summed E-state index contributed by atoms with van der Waals surface area (Å²) < 4.78 is 6.02.